The Kier molecular flexibility index (Phi) is 4.80. The van der Waals surface area contributed by atoms with Gasteiger partial charge in [-0.25, -0.2) is 4.98 Å². The van der Waals surface area contributed by atoms with E-state index in [4.69, 9.17) is 4.52 Å². The highest BCUT2D eigenvalue weighted by Crippen LogP contribution is 2.35. The smallest absolute Gasteiger partial charge is 0.229 e. The lowest BCUT2D eigenvalue weighted by Gasteiger charge is -2.20. The minimum absolute atomic E-state index is 0.505. The predicted octanol–water partition coefficient (Wildman–Crippen LogP) is 3.42. The van der Waals surface area contributed by atoms with Gasteiger partial charge in [-0.1, -0.05) is 18.5 Å². The molecule has 3 heterocycles. The summed E-state index contributed by atoms with van der Waals surface area (Å²) in [5.41, 5.74) is 0. The molecule has 6 nitrogen and oxygen atoms in total. The van der Waals surface area contributed by atoms with E-state index in [0.717, 1.165) is 44.4 Å². The van der Waals surface area contributed by atoms with Gasteiger partial charge in [-0.3, -0.25) is 4.90 Å². The zero-order valence-electron chi connectivity index (χ0n) is 14.3. The molecule has 7 heteroatoms. The maximum absolute atomic E-state index is 5.43. The molecule has 2 aromatic heterocycles. The first-order valence-electron chi connectivity index (χ1n) is 9.06. The average molecular weight is 347 g/mol. The number of hydrogen-bond acceptors (Lipinski definition) is 7. The Hall–Kier alpha value is -1.47. The van der Waals surface area contributed by atoms with Gasteiger partial charge < -0.3 is 9.42 Å². The molecule has 0 spiro atoms. The average Bonchev–Trinajstić information content (AvgIpc) is 3.26. The molecule has 2 fully saturated rings. The van der Waals surface area contributed by atoms with E-state index >= 15 is 0 Å². The zero-order chi connectivity index (χ0) is 16.4. The summed E-state index contributed by atoms with van der Waals surface area (Å²) in [5, 5.41) is 5.34. The van der Waals surface area contributed by atoms with Gasteiger partial charge >= 0.3 is 0 Å². The van der Waals surface area contributed by atoms with Gasteiger partial charge in [0.2, 0.25) is 5.89 Å². The Morgan fingerprint density at radius 1 is 1.25 bits per heavy atom. The fourth-order valence-corrected chi connectivity index (χ4v) is 4.28. The topological polar surface area (TPSA) is 58.3 Å². The van der Waals surface area contributed by atoms with Crippen molar-refractivity contribution >= 4 is 16.5 Å². The number of thiazole rings is 1. The van der Waals surface area contributed by atoms with E-state index in [1.165, 1.54) is 42.1 Å². The fraction of sp³-hybridized carbons (Fsp3) is 0.706. The third kappa shape index (κ3) is 3.47. The zero-order valence-corrected chi connectivity index (χ0v) is 15.1. The van der Waals surface area contributed by atoms with Crippen LogP contribution in [0.25, 0.3) is 0 Å². The molecule has 1 aliphatic heterocycles. The van der Waals surface area contributed by atoms with Crippen LogP contribution in [0.1, 0.15) is 61.5 Å². The van der Waals surface area contributed by atoms with Gasteiger partial charge in [-0.15, -0.1) is 11.3 Å². The molecular weight excluding hydrogens is 322 g/mol. The molecule has 130 valence electrons. The lowest BCUT2D eigenvalue weighted by atomic mass is 9.85. The van der Waals surface area contributed by atoms with Crippen molar-refractivity contribution in [3.63, 3.8) is 0 Å². The Morgan fingerprint density at radius 2 is 2.08 bits per heavy atom. The quantitative estimate of drug-likeness (QED) is 0.765. The second kappa shape index (κ2) is 7.19. The molecule has 0 radical (unpaired) electrons. The van der Waals surface area contributed by atoms with Crippen molar-refractivity contribution in [2.24, 2.45) is 0 Å². The van der Waals surface area contributed by atoms with Gasteiger partial charge in [0.05, 0.1) is 6.54 Å². The molecular formula is C17H25N5OS. The highest BCUT2D eigenvalue weighted by Gasteiger charge is 2.25. The van der Waals surface area contributed by atoms with Crippen LogP contribution in [0.4, 0.5) is 5.13 Å². The largest absolute Gasteiger partial charge is 0.348 e. The van der Waals surface area contributed by atoms with Crippen LogP contribution in [-0.2, 0) is 13.1 Å². The fourth-order valence-electron chi connectivity index (χ4n) is 3.28. The summed E-state index contributed by atoms with van der Waals surface area (Å²) >= 11 is 1.82. The second-order valence-corrected chi connectivity index (χ2v) is 7.88. The molecule has 0 amide bonds. The van der Waals surface area contributed by atoms with Gasteiger partial charge in [0, 0.05) is 36.6 Å². The van der Waals surface area contributed by atoms with Gasteiger partial charge in [0.1, 0.15) is 0 Å². The van der Waals surface area contributed by atoms with Gasteiger partial charge in [0.15, 0.2) is 11.0 Å². The number of aromatic nitrogens is 3. The van der Waals surface area contributed by atoms with Gasteiger partial charge in [-0.2, -0.15) is 4.98 Å². The molecule has 1 aliphatic carbocycles. The minimum atomic E-state index is 0.505. The molecule has 24 heavy (non-hydrogen) atoms. The van der Waals surface area contributed by atoms with Crippen LogP contribution in [0.5, 0.6) is 0 Å². The van der Waals surface area contributed by atoms with E-state index in [1.807, 2.05) is 17.5 Å². The second-order valence-electron chi connectivity index (χ2n) is 6.78. The van der Waals surface area contributed by atoms with Crippen LogP contribution in [-0.4, -0.2) is 39.7 Å². The highest BCUT2D eigenvalue weighted by molar-refractivity contribution is 7.15. The van der Waals surface area contributed by atoms with Crippen molar-refractivity contribution in [2.45, 2.75) is 58.0 Å². The molecule has 0 atom stereocenters. The lowest BCUT2D eigenvalue weighted by molar-refractivity contribution is 0.257. The van der Waals surface area contributed by atoms with Crippen molar-refractivity contribution in [2.75, 3.05) is 24.5 Å². The normalized spacial score (nSPS) is 18.5. The summed E-state index contributed by atoms with van der Waals surface area (Å²) in [7, 11) is 0. The number of nitrogens with zero attached hydrogens (tertiary/aromatic N) is 5. The molecule has 0 unspecified atom stereocenters. The van der Waals surface area contributed by atoms with Crippen LogP contribution >= 0.6 is 11.3 Å². The third-order valence-corrected chi connectivity index (χ3v) is 6.09. The van der Waals surface area contributed by atoms with Crippen molar-refractivity contribution in [3.8, 4) is 0 Å². The minimum Gasteiger partial charge on any atom is -0.348 e. The molecule has 0 bridgehead atoms. The molecule has 1 saturated carbocycles. The molecule has 2 aliphatic rings. The summed E-state index contributed by atoms with van der Waals surface area (Å²) in [5.74, 6) is 2.15. The lowest BCUT2D eigenvalue weighted by Crippen LogP contribution is -2.22. The number of hydrogen-bond donors (Lipinski definition) is 0. The molecule has 1 saturated heterocycles. The Labute approximate surface area is 146 Å². The van der Waals surface area contributed by atoms with Crippen molar-refractivity contribution in [3.05, 3.63) is 22.8 Å². The van der Waals surface area contributed by atoms with E-state index in [-0.39, 0.29) is 0 Å². The van der Waals surface area contributed by atoms with E-state index in [9.17, 15) is 0 Å². The predicted molar refractivity (Wildman–Crippen MR) is 94.2 cm³/mol. The van der Waals surface area contributed by atoms with E-state index < -0.39 is 0 Å². The van der Waals surface area contributed by atoms with E-state index in [2.05, 4.69) is 31.8 Å². The number of anilines is 1. The van der Waals surface area contributed by atoms with Crippen LogP contribution in [0.15, 0.2) is 10.7 Å². The summed E-state index contributed by atoms with van der Waals surface area (Å²) in [6.45, 7) is 7.08. The van der Waals surface area contributed by atoms with Crippen LogP contribution in [0, 0.1) is 0 Å². The van der Waals surface area contributed by atoms with Crippen molar-refractivity contribution in [1.29, 1.82) is 0 Å². The van der Waals surface area contributed by atoms with Gasteiger partial charge in [0.25, 0.3) is 0 Å². The highest BCUT2D eigenvalue weighted by atomic mass is 32.1. The van der Waals surface area contributed by atoms with Crippen LogP contribution < -0.4 is 4.90 Å². The SMILES string of the molecule is CCN(Cc1noc(C2CCC2)n1)Cc1cnc(N2CCCC2)s1. The van der Waals surface area contributed by atoms with Crippen LogP contribution in [0.2, 0.25) is 0 Å². The van der Waals surface area contributed by atoms with E-state index in [0.29, 0.717) is 5.92 Å². The summed E-state index contributed by atoms with van der Waals surface area (Å²) in [4.78, 5) is 15.2. The Balaban J connectivity index is 1.36. The van der Waals surface area contributed by atoms with E-state index in [1.54, 1.807) is 0 Å². The Bertz CT molecular complexity index is 659. The van der Waals surface area contributed by atoms with Crippen molar-refractivity contribution < 1.29 is 4.52 Å². The first kappa shape index (κ1) is 16.0. The maximum atomic E-state index is 5.43. The number of rotatable bonds is 7. The summed E-state index contributed by atoms with van der Waals surface area (Å²) in [6, 6.07) is 0. The summed E-state index contributed by atoms with van der Waals surface area (Å²) < 4.78 is 5.43. The monoisotopic (exact) mass is 347 g/mol. The molecule has 0 N–H and O–H groups in total. The molecule has 0 aromatic carbocycles. The summed E-state index contributed by atoms with van der Waals surface area (Å²) in [6.07, 6.45) is 8.28. The molecule has 2 aromatic rings. The Morgan fingerprint density at radius 3 is 2.79 bits per heavy atom. The molecule has 4 rings (SSSR count). The van der Waals surface area contributed by atoms with Crippen LogP contribution in [0.3, 0.4) is 0 Å². The first-order valence-corrected chi connectivity index (χ1v) is 9.88. The third-order valence-electron chi connectivity index (χ3n) is 5.05. The van der Waals surface area contributed by atoms with Gasteiger partial charge in [-0.05, 0) is 32.2 Å². The first-order chi connectivity index (χ1) is 11.8. The standard InChI is InChI=1S/C17H25N5OS/c1-2-21(12-15-19-16(23-20-15)13-6-5-7-13)11-14-10-18-17(24-14)22-8-3-4-9-22/h10,13H,2-9,11-12H2,1H3. The van der Waals surface area contributed by atoms with Crippen molar-refractivity contribution in [1.82, 2.24) is 20.0 Å². The maximum Gasteiger partial charge on any atom is 0.229 e.